The van der Waals surface area contributed by atoms with Crippen LogP contribution in [0.1, 0.15) is 36.9 Å². The summed E-state index contributed by atoms with van der Waals surface area (Å²) in [7, 11) is 0. The zero-order valence-electron chi connectivity index (χ0n) is 18.5. The van der Waals surface area contributed by atoms with Crippen molar-refractivity contribution in [1.82, 2.24) is 15.2 Å². The highest BCUT2D eigenvalue weighted by molar-refractivity contribution is 7.80. The molecule has 8 heteroatoms. The first-order valence-electron chi connectivity index (χ1n) is 11.2. The van der Waals surface area contributed by atoms with Crippen molar-refractivity contribution in [3.63, 3.8) is 0 Å². The summed E-state index contributed by atoms with van der Waals surface area (Å²) in [5.74, 6) is 1.33. The Hall–Kier alpha value is -3.10. The molecule has 5 rings (SSSR count). The van der Waals surface area contributed by atoms with Crippen LogP contribution >= 0.6 is 12.2 Å². The number of benzene rings is 2. The van der Waals surface area contributed by atoms with Crippen molar-refractivity contribution in [2.75, 3.05) is 19.9 Å². The maximum absolute atomic E-state index is 12.9. The molecule has 2 aliphatic heterocycles. The zero-order chi connectivity index (χ0) is 22.8. The number of pyridine rings is 1. The third kappa shape index (κ3) is 4.82. The van der Waals surface area contributed by atoms with Crippen LogP contribution in [0.3, 0.4) is 0 Å². The summed E-state index contributed by atoms with van der Waals surface area (Å²) in [6.45, 7) is 4.05. The van der Waals surface area contributed by atoms with E-state index in [4.69, 9.17) is 26.4 Å². The molecule has 0 radical (unpaired) electrons. The van der Waals surface area contributed by atoms with E-state index in [1.165, 1.54) is 0 Å². The maximum Gasteiger partial charge on any atom is 0.253 e. The molecule has 1 aromatic heterocycles. The number of ether oxygens (including phenoxy) is 3. The van der Waals surface area contributed by atoms with Gasteiger partial charge in [-0.15, -0.1) is 0 Å². The van der Waals surface area contributed by atoms with Crippen molar-refractivity contribution in [3.8, 4) is 11.5 Å². The van der Waals surface area contributed by atoms with Gasteiger partial charge in [0.1, 0.15) is 0 Å². The normalized spacial score (nSPS) is 17.8. The minimum absolute atomic E-state index is 0.0420. The van der Waals surface area contributed by atoms with Gasteiger partial charge in [0, 0.05) is 30.2 Å². The van der Waals surface area contributed by atoms with E-state index >= 15 is 0 Å². The van der Waals surface area contributed by atoms with E-state index in [-0.39, 0.29) is 24.5 Å². The van der Waals surface area contributed by atoms with E-state index in [0.29, 0.717) is 35.3 Å². The molecule has 2 atom stereocenters. The molecule has 7 nitrogen and oxygen atoms in total. The molecular formula is C25H27N3O4S. The SMILES string of the molecule is C[C@H](NC(=S)N(Cc1cc2cc3c(cc2[nH]c1=O)OCO3)C[C@@H]1CCCO1)c1ccccc1. The van der Waals surface area contributed by atoms with Gasteiger partial charge in [0.15, 0.2) is 16.6 Å². The van der Waals surface area contributed by atoms with Gasteiger partial charge in [-0.1, -0.05) is 30.3 Å². The molecule has 0 spiro atoms. The van der Waals surface area contributed by atoms with E-state index in [9.17, 15) is 4.79 Å². The third-order valence-electron chi connectivity index (χ3n) is 6.15. The molecular weight excluding hydrogens is 438 g/mol. The van der Waals surface area contributed by atoms with Crippen LogP contribution in [-0.4, -0.2) is 41.0 Å². The number of H-pyrrole nitrogens is 1. The average molecular weight is 466 g/mol. The number of hydrogen-bond donors (Lipinski definition) is 2. The van der Waals surface area contributed by atoms with Crippen molar-refractivity contribution in [3.05, 3.63) is 70.0 Å². The summed E-state index contributed by atoms with van der Waals surface area (Å²) in [5.41, 5.74) is 2.36. The van der Waals surface area contributed by atoms with Crippen molar-refractivity contribution < 1.29 is 14.2 Å². The number of thiocarbonyl (C=S) groups is 1. The van der Waals surface area contributed by atoms with Crippen LogP contribution in [-0.2, 0) is 11.3 Å². The molecule has 2 aliphatic rings. The van der Waals surface area contributed by atoms with Gasteiger partial charge in [-0.2, -0.15) is 0 Å². The monoisotopic (exact) mass is 465 g/mol. The molecule has 1 saturated heterocycles. The summed E-state index contributed by atoms with van der Waals surface area (Å²) in [4.78, 5) is 17.9. The molecule has 2 aromatic carbocycles. The van der Waals surface area contributed by atoms with E-state index in [2.05, 4.69) is 29.4 Å². The van der Waals surface area contributed by atoms with Crippen LogP contribution in [0, 0.1) is 0 Å². The predicted molar refractivity (Wildman–Crippen MR) is 131 cm³/mol. The van der Waals surface area contributed by atoms with Gasteiger partial charge >= 0.3 is 0 Å². The lowest BCUT2D eigenvalue weighted by Gasteiger charge is -2.30. The van der Waals surface area contributed by atoms with Gasteiger partial charge < -0.3 is 29.4 Å². The number of nitrogens with one attached hydrogen (secondary N) is 2. The number of nitrogens with zero attached hydrogens (tertiary/aromatic N) is 1. The van der Waals surface area contributed by atoms with Crippen LogP contribution in [0.4, 0.5) is 0 Å². The highest BCUT2D eigenvalue weighted by atomic mass is 32.1. The maximum atomic E-state index is 12.9. The Balaban J connectivity index is 1.39. The molecule has 2 N–H and O–H groups in total. The second kappa shape index (κ2) is 9.41. The Morgan fingerprint density at radius 2 is 2.00 bits per heavy atom. The smallest absolute Gasteiger partial charge is 0.253 e. The highest BCUT2D eigenvalue weighted by Gasteiger charge is 2.23. The van der Waals surface area contributed by atoms with Crippen LogP contribution in [0.25, 0.3) is 10.9 Å². The van der Waals surface area contributed by atoms with Gasteiger partial charge in [-0.3, -0.25) is 4.79 Å². The van der Waals surface area contributed by atoms with Crippen LogP contribution in [0.2, 0.25) is 0 Å². The Kier molecular flexibility index (Phi) is 6.20. The predicted octanol–water partition coefficient (Wildman–Crippen LogP) is 3.87. The molecule has 0 unspecified atom stereocenters. The molecule has 0 bridgehead atoms. The van der Waals surface area contributed by atoms with Gasteiger partial charge in [0.05, 0.1) is 24.2 Å². The van der Waals surface area contributed by atoms with E-state index in [1.54, 1.807) is 6.07 Å². The zero-order valence-corrected chi connectivity index (χ0v) is 19.3. The second-order valence-electron chi connectivity index (χ2n) is 8.51. The average Bonchev–Trinajstić information content (AvgIpc) is 3.50. The fraction of sp³-hybridized carbons (Fsp3) is 0.360. The molecule has 0 aliphatic carbocycles. The Labute approximate surface area is 197 Å². The van der Waals surface area contributed by atoms with Crippen molar-refractivity contribution in [2.45, 2.75) is 38.5 Å². The number of aromatic amines is 1. The largest absolute Gasteiger partial charge is 0.454 e. The lowest BCUT2D eigenvalue weighted by atomic mass is 10.1. The first-order valence-corrected chi connectivity index (χ1v) is 11.7. The summed E-state index contributed by atoms with van der Waals surface area (Å²) in [5, 5.41) is 4.93. The minimum atomic E-state index is -0.141. The second-order valence-corrected chi connectivity index (χ2v) is 8.90. The van der Waals surface area contributed by atoms with Gasteiger partial charge in [0.25, 0.3) is 5.56 Å². The van der Waals surface area contributed by atoms with Gasteiger partial charge in [0.2, 0.25) is 6.79 Å². The van der Waals surface area contributed by atoms with Crippen molar-refractivity contribution >= 4 is 28.2 Å². The molecule has 3 aromatic rings. The van der Waals surface area contributed by atoms with E-state index < -0.39 is 0 Å². The summed E-state index contributed by atoms with van der Waals surface area (Å²) >= 11 is 5.80. The fourth-order valence-electron chi connectivity index (χ4n) is 4.32. The quantitative estimate of drug-likeness (QED) is 0.535. The number of fused-ring (bicyclic) bond motifs is 2. The topological polar surface area (TPSA) is 75.8 Å². The lowest BCUT2D eigenvalue weighted by molar-refractivity contribution is 0.0895. The van der Waals surface area contributed by atoms with Gasteiger partial charge in [-0.05, 0) is 49.7 Å². The first kappa shape index (κ1) is 21.7. The van der Waals surface area contributed by atoms with E-state index in [0.717, 1.165) is 35.9 Å². The number of aromatic nitrogens is 1. The Morgan fingerprint density at radius 3 is 2.76 bits per heavy atom. The first-order chi connectivity index (χ1) is 16.1. The molecule has 1 fully saturated rings. The molecule has 3 heterocycles. The Morgan fingerprint density at radius 1 is 1.21 bits per heavy atom. The van der Waals surface area contributed by atoms with Crippen molar-refractivity contribution in [2.24, 2.45) is 0 Å². The van der Waals surface area contributed by atoms with Crippen LogP contribution < -0.4 is 20.3 Å². The number of rotatable bonds is 6. The molecule has 172 valence electrons. The van der Waals surface area contributed by atoms with Crippen LogP contribution in [0.15, 0.2) is 53.3 Å². The molecule has 0 amide bonds. The fourth-order valence-corrected chi connectivity index (χ4v) is 4.64. The van der Waals surface area contributed by atoms with Crippen molar-refractivity contribution in [1.29, 1.82) is 0 Å². The molecule has 33 heavy (non-hydrogen) atoms. The highest BCUT2D eigenvalue weighted by Crippen LogP contribution is 2.35. The third-order valence-corrected chi connectivity index (χ3v) is 6.53. The molecule has 0 saturated carbocycles. The lowest BCUT2D eigenvalue weighted by Crippen LogP contribution is -2.44. The van der Waals surface area contributed by atoms with E-state index in [1.807, 2.05) is 35.2 Å². The summed E-state index contributed by atoms with van der Waals surface area (Å²) < 4.78 is 16.8. The van der Waals surface area contributed by atoms with Gasteiger partial charge in [-0.25, -0.2) is 0 Å². The van der Waals surface area contributed by atoms with Crippen LogP contribution in [0.5, 0.6) is 11.5 Å². The Bertz CT molecular complexity index is 1210. The summed E-state index contributed by atoms with van der Waals surface area (Å²) in [6.07, 6.45) is 2.14. The summed E-state index contributed by atoms with van der Waals surface area (Å²) in [6, 6.07) is 15.8. The number of hydrogen-bond acceptors (Lipinski definition) is 5. The standard InChI is InChI=1S/C25H27N3O4S/c1-16(17-6-3-2-4-7-17)26-25(33)28(14-20-8-5-9-30-20)13-19-10-18-11-22-23(32-15-31-22)12-21(18)27-24(19)29/h2-4,6-7,10-12,16,20H,5,8-9,13-15H2,1H3,(H,26,33)(H,27,29)/t16-,20-/m0/s1. The minimum Gasteiger partial charge on any atom is -0.454 e.